The summed E-state index contributed by atoms with van der Waals surface area (Å²) in [5.41, 5.74) is 0. The summed E-state index contributed by atoms with van der Waals surface area (Å²) in [6, 6.07) is 0. The Kier molecular flexibility index (Phi) is 2.31. The van der Waals surface area contributed by atoms with Crippen molar-refractivity contribution < 1.29 is 16.8 Å². The zero-order valence-corrected chi connectivity index (χ0v) is 8.23. The maximum absolute atomic E-state index is 11.1. The van der Waals surface area contributed by atoms with Crippen molar-refractivity contribution in [2.75, 3.05) is 10.8 Å². The first-order valence-corrected chi connectivity index (χ1v) is 6.96. The lowest BCUT2D eigenvalue weighted by atomic mass is 10.4. The van der Waals surface area contributed by atoms with Crippen LogP contribution in [0.5, 0.6) is 0 Å². The van der Waals surface area contributed by atoms with Gasteiger partial charge in [0, 0.05) is 0 Å². The second-order valence-corrected chi connectivity index (χ2v) is 7.45. The Balaban J connectivity index is 3.09. The van der Waals surface area contributed by atoms with Crippen LogP contribution in [-0.2, 0) is 19.7 Å². The molecule has 1 heterocycles. The Morgan fingerprint density at radius 2 is 1.83 bits per heavy atom. The molecule has 1 saturated heterocycles. The quantitative estimate of drug-likeness (QED) is 0.559. The standard InChI is InChI=1S/C6H10O4S2/c1-2-3-6-4-11(7,8)5-12(6,9)10/h2-3,6H,4-5H2,1H3/b3-2-. The molecule has 0 radical (unpaired) electrons. The summed E-state index contributed by atoms with van der Waals surface area (Å²) in [6.45, 7) is 1.67. The van der Waals surface area contributed by atoms with E-state index in [4.69, 9.17) is 0 Å². The van der Waals surface area contributed by atoms with Gasteiger partial charge in [0.2, 0.25) is 0 Å². The van der Waals surface area contributed by atoms with Crippen LogP contribution in [-0.4, -0.2) is 32.9 Å². The molecule has 1 atom stereocenters. The first kappa shape index (κ1) is 9.73. The lowest BCUT2D eigenvalue weighted by Gasteiger charge is -1.97. The molecule has 1 unspecified atom stereocenters. The first-order valence-electron chi connectivity index (χ1n) is 3.42. The molecule has 0 aromatic heterocycles. The van der Waals surface area contributed by atoms with E-state index < -0.39 is 30.0 Å². The van der Waals surface area contributed by atoms with Crippen molar-refractivity contribution in [1.82, 2.24) is 0 Å². The minimum Gasteiger partial charge on any atom is -0.228 e. The molecule has 6 heteroatoms. The highest BCUT2D eigenvalue weighted by molar-refractivity contribution is 8.11. The highest BCUT2D eigenvalue weighted by Crippen LogP contribution is 2.19. The molecule has 0 amide bonds. The van der Waals surface area contributed by atoms with Gasteiger partial charge < -0.3 is 0 Å². The monoisotopic (exact) mass is 210 g/mol. The van der Waals surface area contributed by atoms with E-state index in [-0.39, 0.29) is 5.75 Å². The van der Waals surface area contributed by atoms with Crippen LogP contribution in [0.4, 0.5) is 0 Å². The zero-order chi connectivity index (χ0) is 9.41. The average Bonchev–Trinajstić information content (AvgIpc) is 2.01. The van der Waals surface area contributed by atoms with Gasteiger partial charge in [-0.1, -0.05) is 12.2 Å². The lowest BCUT2D eigenvalue weighted by molar-refractivity contribution is 0.598. The van der Waals surface area contributed by atoms with Gasteiger partial charge in [-0.15, -0.1) is 0 Å². The summed E-state index contributed by atoms with van der Waals surface area (Å²) < 4.78 is 44.1. The molecule has 1 rings (SSSR count). The Morgan fingerprint density at radius 1 is 1.25 bits per heavy atom. The highest BCUT2D eigenvalue weighted by Gasteiger charge is 2.39. The van der Waals surface area contributed by atoms with Gasteiger partial charge in [-0.3, -0.25) is 0 Å². The van der Waals surface area contributed by atoms with Crippen LogP contribution >= 0.6 is 0 Å². The van der Waals surface area contributed by atoms with Crippen LogP contribution in [0.1, 0.15) is 6.92 Å². The zero-order valence-electron chi connectivity index (χ0n) is 6.60. The van der Waals surface area contributed by atoms with E-state index in [1.54, 1.807) is 13.0 Å². The summed E-state index contributed by atoms with van der Waals surface area (Å²) in [5.74, 6) is -0.264. The van der Waals surface area contributed by atoms with Crippen LogP contribution in [0.15, 0.2) is 12.2 Å². The number of allylic oxidation sites excluding steroid dienone is 1. The minimum absolute atomic E-state index is 0.264. The van der Waals surface area contributed by atoms with Gasteiger partial charge in [-0.05, 0) is 6.92 Å². The van der Waals surface area contributed by atoms with Crippen LogP contribution in [0.2, 0.25) is 0 Å². The number of hydrogen-bond donors (Lipinski definition) is 0. The summed E-state index contributed by atoms with van der Waals surface area (Å²) in [7, 11) is -6.80. The average molecular weight is 210 g/mol. The van der Waals surface area contributed by atoms with E-state index in [1.165, 1.54) is 6.08 Å². The summed E-state index contributed by atoms with van der Waals surface area (Å²) >= 11 is 0. The smallest absolute Gasteiger partial charge is 0.172 e. The van der Waals surface area contributed by atoms with Gasteiger partial charge in [0.05, 0.1) is 11.0 Å². The van der Waals surface area contributed by atoms with E-state index in [9.17, 15) is 16.8 Å². The van der Waals surface area contributed by atoms with Gasteiger partial charge in [0.1, 0.15) is 0 Å². The molecule has 0 aromatic rings. The van der Waals surface area contributed by atoms with E-state index in [2.05, 4.69) is 0 Å². The maximum Gasteiger partial charge on any atom is 0.172 e. The van der Waals surface area contributed by atoms with Crippen LogP contribution in [0.3, 0.4) is 0 Å². The van der Waals surface area contributed by atoms with Crippen LogP contribution in [0.25, 0.3) is 0 Å². The Hall–Kier alpha value is -0.360. The van der Waals surface area contributed by atoms with E-state index >= 15 is 0 Å². The second kappa shape index (κ2) is 2.85. The van der Waals surface area contributed by atoms with Crippen molar-refractivity contribution in [1.29, 1.82) is 0 Å². The van der Waals surface area contributed by atoms with E-state index in [0.717, 1.165) is 0 Å². The molecule has 0 bridgehead atoms. The van der Waals surface area contributed by atoms with Crippen molar-refractivity contribution in [3.63, 3.8) is 0 Å². The van der Waals surface area contributed by atoms with Gasteiger partial charge in [0.15, 0.2) is 24.8 Å². The highest BCUT2D eigenvalue weighted by atomic mass is 32.3. The molecule has 70 valence electrons. The molecule has 1 aliphatic heterocycles. The molecule has 1 fully saturated rings. The van der Waals surface area contributed by atoms with E-state index in [1.807, 2.05) is 0 Å². The molecule has 0 aromatic carbocycles. The van der Waals surface area contributed by atoms with Gasteiger partial charge in [0.25, 0.3) is 0 Å². The Morgan fingerprint density at radius 3 is 2.17 bits per heavy atom. The lowest BCUT2D eigenvalue weighted by Crippen LogP contribution is -2.14. The topological polar surface area (TPSA) is 68.3 Å². The fraction of sp³-hybridized carbons (Fsp3) is 0.667. The van der Waals surface area contributed by atoms with Gasteiger partial charge in [-0.2, -0.15) is 0 Å². The predicted molar refractivity (Wildman–Crippen MR) is 46.2 cm³/mol. The maximum atomic E-state index is 11.1. The number of hydrogen-bond acceptors (Lipinski definition) is 4. The normalized spacial score (nSPS) is 32.6. The number of rotatable bonds is 1. The SMILES string of the molecule is C/C=C\C1CS(=O)(=O)CS1(=O)=O. The Bertz CT molecular complexity index is 387. The van der Waals surface area contributed by atoms with Gasteiger partial charge >= 0.3 is 0 Å². The minimum atomic E-state index is -3.43. The molecular weight excluding hydrogens is 200 g/mol. The molecule has 0 N–H and O–H groups in total. The Labute approximate surface area is 72.1 Å². The van der Waals surface area contributed by atoms with Crippen molar-refractivity contribution in [3.8, 4) is 0 Å². The third-order valence-corrected chi connectivity index (χ3v) is 6.71. The molecular formula is C6H10O4S2. The van der Waals surface area contributed by atoms with Crippen molar-refractivity contribution in [2.45, 2.75) is 12.2 Å². The van der Waals surface area contributed by atoms with E-state index in [0.29, 0.717) is 0 Å². The third kappa shape index (κ3) is 1.87. The molecule has 0 spiro atoms. The van der Waals surface area contributed by atoms with Crippen molar-refractivity contribution >= 4 is 19.7 Å². The molecule has 4 nitrogen and oxygen atoms in total. The van der Waals surface area contributed by atoms with Crippen molar-refractivity contribution in [3.05, 3.63) is 12.2 Å². The summed E-state index contributed by atoms with van der Waals surface area (Å²) in [4.78, 5) is 0. The molecule has 0 aliphatic carbocycles. The summed E-state index contributed by atoms with van der Waals surface area (Å²) in [6.07, 6.45) is 2.98. The second-order valence-electron chi connectivity index (χ2n) is 2.76. The molecule has 0 saturated carbocycles. The van der Waals surface area contributed by atoms with Gasteiger partial charge in [-0.25, -0.2) is 16.8 Å². The fourth-order valence-corrected chi connectivity index (χ4v) is 6.68. The number of sulfone groups is 2. The van der Waals surface area contributed by atoms with Crippen LogP contribution < -0.4 is 0 Å². The molecule has 12 heavy (non-hydrogen) atoms. The fourth-order valence-electron chi connectivity index (χ4n) is 1.13. The predicted octanol–water partition coefficient (Wildman–Crippen LogP) is -0.268. The van der Waals surface area contributed by atoms with Crippen LogP contribution in [0, 0.1) is 0 Å². The largest absolute Gasteiger partial charge is 0.228 e. The molecule has 1 aliphatic rings. The third-order valence-electron chi connectivity index (χ3n) is 1.63. The summed E-state index contributed by atoms with van der Waals surface area (Å²) in [5, 5.41) is -1.53. The first-order chi connectivity index (χ1) is 5.37. The van der Waals surface area contributed by atoms with Crippen molar-refractivity contribution in [2.24, 2.45) is 0 Å².